The number of nitrogens with one attached hydrogen (secondary N) is 1. The lowest BCUT2D eigenvalue weighted by molar-refractivity contribution is 0.0607. The van der Waals surface area contributed by atoms with Crippen LogP contribution in [0.5, 0.6) is 0 Å². The molecule has 1 atom stereocenters. The third-order valence-corrected chi connectivity index (χ3v) is 4.37. The summed E-state index contributed by atoms with van der Waals surface area (Å²) in [4.78, 5) is 30.5. The Labute approximate surface area is 118 Å². The van der Waals surface area contributed by atoms with Crippen LogP contribution in [0.25, 0.3) is 0 Å². The molecule has 2 aliphatic rings. The zero-order chi connectivity index (χ0) is 13.9. The van der Waals surface area contributed by atoms with Crippen molar-refractivity contribution in [2.75, 3.05) is 26.2 Å². The molecule has 5 heteroatoms. The zero-order valence-electron chi connectivity index (χ0n) is 11.7. The van der Waals surface area contributed by atoms with Crippen molar-refractivity contribution in [1.82, 2.24) is 14.8 Å². The van der Waals surface area contributed by atoms with Crippen molar-refractivity contribution in [3.05, 3.63) is 34.2 Å². The molecule has 5 nitrogen and oxygen atoms in total. The number of carbonyl (C=O) groups excluding carboxylic acids is 1. The first-order valence-corrected chi connectivity index (χ1v) is 7.46. The van der Waals surface area contributed by atoms with Crippen LogP contribution in [0.2, 0.25) is 0 Å². The molecule has 0 radical (unpaired) electrons. The molecule has 3 heterocycles. The predicted octanol–water partition coefficient (Wildman–Crippen LogP) is 1.08. The van der Waals surface area contributed by atoms with E-state index in [1.807, 2.05) is 4.90 Å². The van der Waals surface area contributed by atoms with Gasteiger partial charge in [0, 0.05) is 31.4 Å². The van der Waals surface area contributed by atoms with Gasteiger partial charge in [-0.15, -0.1) is 0 Å². The van der Waals surface area contributed by atoms with Crippen molar-refractivity contribution in [2.24, 2.45) is 0 Å². The van der Waals surface area contributed by atoms with Gasteiger partial charge in [-0.05, 0) is 44.8 Å². The molecule has 1 amide bonds. The Morgan fingerprint density at radius 1 is 1.15 bits per heavy atom. The van der Waals surface area contributed by atoms with Gasteiger partial charge in [0.05, 0.1) is 5.56 Å². The minimum Gasteiger partial charge on any atom is -0.337 e. The summed E-state index contributed by atoms with van der Waals surface area (Å²) in [6, 6.07) is 3.54. The summed E-state index contributed by atoms with van der Waals surface area (Å²) in [5.41, 5.74) is 0.404. The zero-order valence-corrected chi connectivity index (χ0v) is 11.7. The molecule has 0 spiro atoms. The minimum absolute atomic E-state index is 0.0325. The summed E-state index contributed by atoms with van der Waals surface area (Å²) in [5.74, 6) is 0.0325. The normalized spacial score (nSPS) is 24.0. The maximum Gasteiger partial charge on any atom is 0.255 e. The fraction of sp³-hybridized carbons (Fsp3) is 0.600. The van der Waals surface area contributed by atoms with Crippen molar-refractivity contribution < 1.29 is 4.79 Å². The number of nitrogens with zero attached hydrogens (tertiary/aromatic N) is 2. The third-order valence-electron chi connectivity index (χ3n) is 4.37. The Morgan fingerprint density at radius 2 is 1.95 bits per heavy atom. The summed E-state index contributed by atoms with van der Waals surface area (Å²) in [6.45, 7) is 3.98. The van der Waals surface area contributed by atoms with Gasteiger partial charge < -0.3 is 9.88 Å². The number of hydrogen-bond acceptors (Lipinski definition) is 3. The predicted molar refractivity (Wildman–Crippen MR) is 76.8 cm³/mol. The van der Waals surface area contributed by atoms with Crippen molar-refractivity contribution in [1.29, 1.82) is 0 Å². The van der Waals surface area contributed by atoms with Gasteiger partial charge in [0.1, 0.15) is 0 Å². The Balaban J connectivity index is 1.68. The highest BCUT2D eigenvalue weighted by Gasteiger charge is 2.29. The van der Waals surface area contributed by atoms with E-state index < -0.39 is 0 Å². The average Bonchev–Trinajstić information content (AvgIpc) is 3.02. The van der Waals surface area contributed by atoms with Gasteiger partial charge in [-0.1, -0.05) is 0 Å². The SMILES string of the molecule is O=C(c1ccc(=O)[nH]c1)N1CCCC(N2CCCC2)C1. The molecule has 1 N–H and O–H groups in total. The van der Waals surface area contributed by atoms with Crippen LogP contribution in [-0.4, -0.2) is 52.9 Å². The molecule has 2 saturated heterocycles. The van der Waals surface area contributed by atoms with E-state index in [2.05, 4.69) is 9.88 Å². The van der Waals surface area contributed by atoms with Gasteiger partial charge in [0.2, 0.25) is 5.56 Å². The van der Waals surface area contributed by atoms with Crippen LogP contribution in [0.15, 0.2) is 23.1 Å². The van der Waals surface area contributed by atoms with E-state index in [1.165, 1.54) is 44.6 Å². The van der Waals surface area contributed by atoms with E-state index in [0.29, 0.717) is 11.6 Å². The number of hydrogen-bond donors (Lipinski definition) is 1. The first kappa shape index (κ1) is 13.4. The monoisotopic (exact) mass is 275 g/mol. The molecular formula is C15H21N3O2. The van der Waals surface area contributed by atoms with Crippen LogP contribution in [-0.2, 0) is 0 Å². The molecular weight excluding hydrogens is 254 g/mol. The highest BCUT2D eigenvalue weighted by molar-refractivity contribution is 5.93. The van der Waals surface area contributed by atoms with Gasteiger partial charge >= 0.3 is 0 Å². The number of amides is 1. The molecule has 0 aromatic carbocycles. The summed E-state index contributed by atoms with van der Waals surface area (Å²) in [7, 11) is 0. The molecule has 2 aliphatic heterocycles. The smallest absolute Gasteiger partial charge is 0.255 e. The average molecular weight is 275 g/mol. The largest absolute Gasteiger partial charge is 0.337 e. The van der Waals surface area contributed by atoms with Crippen LogP contribution in [0, 0.1) is 0 Å². The van der Waals surface area contributed by atoms with Crippen molar-refractivity contribution >= 4 is 5.91 Å². The first-order valence-electron chi connectivity index (χ1n) is 7.46. The molecule has 0 bridgehead atoms. The lowest BCUT2D eigenvalue weighted by Gasteiger charge is -2.37. The van der Waals surface area contributed by atoms with Gasteiger partial charge in [-0.2, -0.15) is 0 Å². The fourth-order valence-electron chi connectivity index (χ4n) is 3.27. The molecule has 0 saturated carbocycles. The Morgan fingerprint density at radius 3 is 2.65 bits per heavy atom. The van der Waals surface area contributed by atoms with E-state index in [0.717, 1.165) is 19.5 Å². The number of piperidine rings is 1. The van der Waals surface area contributed by atoms with Crippen LogP contribution in [0.3, 0.4) is 0 Å². The van der Waals surface area contributed by atoms with Crippen LogP contribution >= 0.6 is 0 Å². The standard InChI is InChI=1S/C15H21N3O2/c19-14-6-5-12(10-16-14)15(20)18-9-3-4-13(11-18)17-7-1-2-8-17/h5-6,10,13H,1-4,7-9,11H2,(H,16,19). The molecule has 108 valence electrons. The van der Waals surface area contributed by atoms with Gasteiger partial charge in [-0.3, -0.25) is 14.5 Å². The number of likely N-dealkylation sites (tertiary alicyclic amines) is 2. The van der Waals surface area contributed by atoms with Crippen LogP contribution in [0.1, 0.15) is 36.0 Å². The molecule has 1 aromatic rings. The number of pyridine rings is 1. The minimum atomic E-state index is -0.171. The topological polar surface area (TPSA) is 56.4 Å². The number of carbonyl (C=O) groups is 1. The van der Waals surface area contributed by atoms with E-state index in [-0.39, 0.29) is 11.5 Å². The van der Waals surface area contributed by atoms with Crippen molar-refractivity contribution in [3.8, 4) is 0 Å². The molecule has 0 aliphatic carbocycles. The summed E-state index contributed by atoms with van der Waals surface area (Å²) in [5, 5.41) is 0. The summed E-state index contributed by atoms with van der Waals surface area (Å²) in [6.07, 6.45) is 6.34. The van der Waals surface area contributed by atoms with Crippen LogP contribution < -0.4 is 5.56 Å². The highest BCUT2D eigenvalue weighted by Crippen LogP contribution is 2.21. The van der Waals surface area contributed by atoms with Gasteiger partial charge in [0.25, 0.3) is 5.91 Å². The van der Waals surface area contributed by atoms with Gasteiger partial charge in [-0.25, -0.2) is 0 Å². The summed E-state index contributed by atoms with van der Waals surface area (Å²) >= 11 is 0. The Kier molecular flexibility index (Phi) is 3.87. The van der Waals surface area contributed by atoms with E-state index in [4.69, 9.17) is 0 Å². The first-order chi connectivity index (χ1) is 9.74. The maximum atomic E-state index is 12.5. The Bertz CT molecular complexity index is 514. The lowest BCUT2D eigenvalue weighted by Crippen LogP contribution is -2.49. The van der Waals surface area contributed by atoms with Crippen LogP contribution in [0.4, 0.5) is 0 Å². The number of rotatable bonds is 2. The second kappa shape index (κ2) is 5.79. The summed E-state index contributed by atoms with van der Waals surface area (Å²) < 4.78 is 0. The van der Waals surface area contributed by atoms with E-state index in [9.17, 15) is 9.59 Å². The lowest BCUT2D eigenvalue weighted by atomic mass is 10.0. The molecule has 1 unspecified atom stereocenters. The second-order valence-electron chi connectivity index (χ2n) is 5.73. The Hall–Kier alpha value is -1.62. The van der Waals surface area contributed by atoms with Crippen molar-refractivity contribution in [3.63, 3.8) is 0 Å². The van der Waals surface area contributed by atoms with Gasteiger partial charge in [0.15, 0.2) is 0 Å². The van der Waals surface area contributed by atoms with E-state index in [1.54, 1.807) is 6.07 Å². The number of H-pyrrole nitrogens is 1. The molecule has 1 aromatic heterocycles. The third kappa shape index (κ3) is 2.77. The second-order valence-corrected chi connectivity index (χ2v) is 5.73. The van der Waals surface area contributed by atoms with Crippen molar-refractivity contribution in [2.45, 2.75) is 31.7 Å². The molecule has 2 fully saturated rings. The molecule has 3 rings (SSSR count). The quantitative estimate of drug-likeness (QED) is 0.878. The fourth-order valence-corrected chi connectivity index (χ4v) is 3.27. The maximum absolute atomic E-state index is 12.5. The van der Waals surface area contributed by atoms with E-state index >= 15 is 0 Å². The number of aromatic nitrogens is 1. The number of aromatic amines is 1. The molecule has 20 heavy (non-hydrogen) atoms. The highest BCUT2D eigenvalue weighted by atomic mass is 16.2.